The summed E-state index contributed by atoms with van der Waals surface area (Å²) in [5.41, 5.74) is 1.37. The molecule has 1 saturated heterocycles. The van der Waals surface area contributed by atoms with Gasteiger partial charge in [0.05, 0.1) is 22.9 Å². The lowest BCUT2D eigenvalue weighted by atomic mass is 10.2. The Bertz CT molecular complexity index is 990. The van der Waals surface area contributed by atoms with E-state index in [-0.39, 0.29) is 5.91 Å². The molecule has 1 fully saturated rings. The van der Waals surface area contributed by atoms with E-state index in [0.717, 1.165) is 47.5 Å². The molecule has 0 aliphatic carbocycles. The SMILES string of the molecule is O=C(c1cccc(Br)c1)N(CCN1CCOCC1)c1nc2c(Cl)cccc2s1. The Morgan fingerprint density at radius 2 is 2.04 bits per heavy atom. The number of anilines is 1. The quantitative estimate of drug-likeness (QED) is 0.531. The topological polar surface area (TPSA) is 45.7 Å². The fraction of sp³-hybridized carbons (Fsp3) is 0.300. The molecule has 8 heteroatoms. The van der Waals surface area contributed by atoms with E-state index in [2.05, 4.69) is 25.8 Å². The third kappa shape index (κ3) is 4.39. The average molecular weight is 481 g/mol. The van der Waals surface area contributed by atoms with Gasteiger partial charge in [-0.1, -0.05) is 51.0 Å². The van der Waals surface area contributed by atoms with Gasteiger partial charge < -0.3 is 4.74 Å². The lowest BCUT2D eigenvalue weighted by molar-refractivity contribution is 0.0391. The number of halogens is 2. The maximum absolute atomic E-state index is 13.3. The van der Waals surface area contributed by atoms with Crippen LogP contribution in [0.1, 0.15) is 10.4 Å². The number of benzene rings is 2. The van der Waals surface area contributed by atoms with Crippen LogP contribution in [0, 0.1) is 0 Å². The van der Waals surface area contributed by atoms with Crippen molar-refractivity contribution in [2.75, 3.05) is 44.3 Å². The Morgan fingerprint density at radius 3 is 2.79 bits per heavy atom. The van der Waals surface area contributed by atoms with E-state index >= 15 is 0 Å². The molecule has 28 heavy (non-hydrogen) atoms. The second kappa shape index (κ2) is 8.88. The highest BCUT2D eigenvalue weighted by Gasteiger charge is 2.23. The molecule has 3 aromatic rings. The van der Waals surface area contributed by atoms with Crippen molar-refractivity contribution in [3.05, 3.63) is 57.5 Å². The van der Waals surface area contributed by atoms with E-state index in [4.69, 9.17) is 16.3 Å². The van der Waals surface area contributed by atoms with Gasteiger partial charge in [-0.15, -0.1) is 0 Å². The number of carbonyl (C=O) groups excluding carboxylic acids is 1. The van der Waals surface area contributed by atoms with Crippen molar-refractivity contribution in [1.29, 1.82) is 0 Å². The summed E-state index contributed by atoms with van der Waals surface area (Å²) in [6.07, 6.45) is 0. The Kier molecular flexibility index (Phi) is 6.28. The van der Waals surface area contributed by atoms with E-state index < -0.39 is 0 Å². The molecule has 0 radical (unpaired) electrons. The van der Waals surface area contributed by atoms with Crippen molar-refractivity contribution in [3.8, 4) is 0 Å². The van der Waals surface area contributed by atoms with Crippen LogP contribution in [0.5, 0.6) is 0 Å². The second-order valence-electron chi connectivity index (χ2n) is 6.50. The molecule has 1 amide bonds. The van der Waals surface area contributed by atoms with Crippen LogP contribution in [0.3, 0.4) is 0 Å². The first-order valence-electron chi connectivity index (χ1n) is 9.04. The van der Waals surface area contributed by atoms with E-state index in [1.165, 1.54) is 11.3 Å². The molecular formula is C20H19BrClN3O2S. The van der Waals surface area contributed by atoms with Crippen molar-refractivity contribution in [2.24, 2.45) is 0 Å². The molecule has 5 nitrogen and oxygen atoms in total. The zero-order valence-electron chi connectivity index (χ0n) is 15.1. The fourth-order valence-electron chi connectivity index (χ4n) is 3.15. The number of amides is 1. The van der Waals surface area contributed by atoms with Gasteiger partial charge in [0.25, 0.3) is 5.91 Å². The van der Waals surface area contributed by atoms with Gasteiger partial charge in [-0.2, -0.15) is 0 Å². The number of hydrogen-bond donors (Lipinski definition) is 0. The molecule has 2 aromatic carbocycles. The largest absolute Gasteiger partial charge is 0.379 e. The lowest BCUT2D eigenvalue weighted by Crippen LogP contribution is -2.43. The van der Waals surface area contributed by atoms with Gasteiger partial charge in [0, 0.05) is 36.2 Å². The third-order valence-corrected chi connectivity index (χ3v) is 6.49. The highest BCUT2D eigenvalue weighted by Crippen LogP contribution is 2.33. The number of fused-ring (bicyclic) bond motifs is 1. The van der Waals surface area contributed by atoms with Gasteiger partial charge in [0.2, 0.25) is 0 Å². The summed E-state index contributed by atoms with van der Waals surface area (Å²) in [7, 11) is 0. The van der Waals surface area contributed by atoms with Crippen LogP contribution in [0.4, 0.5) is 5.13 Å². The van der Waals surface area contributed by atoms with E-state index in [9.17, 15) is 4.79 Å². The van der Waals surface area contributed by atoms with Crippen LogP contribution in [-0.2, 0) is 4.74 Å². The van der Waals surface area contributed by atoms with Crippen molar-refractivity contribution in [3.63, 3.8) is 0 Å². The van der Waals surface area contributed by atoms with E-state index in [1.54, 1.807) is 4.90 Å². The Balaban J connectivity index is 1.65. The normalized spacial score (nSPS) is 15.1. The molecular weight excluding hydrogens is 462 g/mol. The number of hydrogen-bond acceptors (Lipinski definition) is 5. The first kappa shape index (κ1) is 19.8. The molecule has 1 aromatic heterocycles. The number of aromatic nitrogens is 1. The van der Waals surface area contributed by atoms with Crippen LogP contribution < -0.4 is 4.90 Å². The lowest BCUT2D eigenvalue weighted by Gasteiger charge is -2.29. The van der Waals surface area contributed by atoms with Gasteiger partial charge in [-0.3, -0.25) is 14.6 Å². The predicted molar refractivity (Wildman–Crippen MR) is 118 cm³/mol. The van der Waals surface area contributed by atoms with Crippen molar-refractivity contribution in [2.45, 2.75) is 0 Å². The maximum atomic E-state index is 13.3. The first-order chi connectivity index (χ1) is 13.6. The standard InChI is InChI=1S/C20H19BrClN3O2S/c21-15-4-1-3-14(13-15)19(26)25(8-7-24-9-11-27-12-10-24)20-23-18-16(22)5-2-6-17(18)28-20/h1-6,13H,7-12H2. The van der Waals surface area contributed by atoms with Crippen LogP contribution in [0.25, 0.3) is 10.2 Å². The molecule has 0 saturated carbocycles. The summed E-state index contributed by atoms with van der Waals surface area (Å²) >= 11 is 11.2. The minimum atomic E-state index is -0.0651. The Morgan fingerprint density at radius 1 is 1.25 bits per heavy atom. The summed E-state index contributed by atoms with van der Waals surface area (Å²) in [5, 5.41) is 1.27. The highest BCUT2D eigenvalue weighted by molar-refractivity contribution is 9.10. The van der Waals surface area contributed by atoms with Gasteiger partial charge in [0.1, 0.15) is 5.52 Å². The zero-order valence-corrected chi connectivity index (χ0v) is 18.3. The smallest absolute Gasteiger partial charge is 0.260 e. The van der Waals surface area contributed by atoms with Crippen molar-refractivity contribution in [1.82, 2.24) is 9.88 Å². The molecule has 146 valence electrons. The number of para-hydroxylation sites is 1. The average Bonchev–Trinajstić information content (AvgIpc) is 3.14. The third-order valence-electron chi connectivity index (χ3n) is 4.65. The first-order valence-corrected chi connectivity index (χ1v) is 11.0. The number of nitrogens with zero attached hydrogens (tertiary/aromatic N) is 3. The van der Waals surface area contributed by atoms with Gasteiger partial charge in [0.15, 0.2) is 5.13 Å². The van der Waals surface area contributed by atoms with Crippen LogP contribution in [-0.4, -0.2) is 55.2 Å². The van der Waals surface area contributed by atoms with Gasteiger partial charge in [-0.25, -0.2) is 4.98 Å². The Labute approximate surface area is 181 Å². The van der Waals surface area contributed by atoms with Crippen LogP contribution in [0.2, 0.25) is 5.02 Å². The molecule has 1 aliphatic heterocycles. The highest BCUT2D eigenvalue weighted by atomic mass is 79.9. The summed E-state index contributed by atoms with van der Waals surface area (Å²) < 4.78 is 7.27. The maximum Gasteiger partial charge on any atom is 0.260 e. The number of morpholine rings is 1. The minimum absolute atomic E-state index is 0.0651. The molecule has 0 N–H and O–H groups in total. The molecule has 4 rings (SSSR count). The van der Waals surface area contributed by atoms with Crippen molar-refractivity contribution < 1.29 is 9.53 Å². The van der Waals surface area contributed by atoms with Crippen LogP contribution >= 0.6 is 38.9 Å². The number of carbonyl (C=O) groups is 1. The fourth-order valence-corrected chi connectivity index (χ4v) is 4.84. The minimum Gasteiger partial charge on any atom is -0.379 e. The molecule has 0 spiro atoms. The summed E-state index contributed by atoms with van der Waals surface area (Å²) in [6, 6.07) is 13.1. The Hall–Kier alpha value is -1.51. The second-order valence-corrected chi connectivity index (χ2v) is 8.84. The monoisotopic (exact) mass is 479 g/mol. The summed E-state index contributed by atoms with van der Waals surface area (Å²) in [5.74, 6) is -0.0651. The number of thiazole rings is 1. The van der Waals surface area contributed by atoms with Crippen LogP contribution in [0.15, 0.2) is 46.9 Å². The zero-order chi connectivity index (χ0) is 19.5. The predicted octanol–water partition coefficient (Wildman–Crippen LogP) is 4.69. The van der Waals surface area contributed by atoms with E-state index in [0.29, 0.717) is 22.3 Å². The van der Waals surface area contributed by atoms with E-state index in [1.807, 2.05) is 42.5 Å². The molecule has 2 heterocycles. The molecule has 1 aliphatic rings. The van der Waals surface area contributed by atoms with Crippen molar-refractivity contribution >= 4 is 60.1 Å². The summed E-state index contributed by atoms with van der Waals surface area (Å²) in [6.45, 7) is 4.55. The van der Waals surface area contributed by atoms with Gasteiger partial charge >= 0.3 is 0 Å². The van der Waals surface area contributed by atoms with Gasteiger partial charge in [-0.05, 0) is 30.3 Å². The summed E-state index contributed by atoms with van der Waals surface area (Å²) in [4.78, 5) is 22.1. The number of ether oxygens (including phenoxy) is 1. The molecule has 0 bridgehead atoms. The molecule has 0 unspecified atom stereocenters. The number of rotatable bonds is 5. The molecule has 0 atom stereocenters.